The second-order valence-electron chi connectivity index (χ2n) is 9.94. The van der Waals surface area contributed by atoms with Gasteiger partial charge in [0.25, 0.3) is 0 Å². The molecule has 2 aliphatic rings. The molecular formula is C28H40N2O6. The van der Waals surface area contributed by atoms with Crippen molar-refractivity contribution >= 4 is 17.8 Å². The molecule has 1 heterocycles. The van der Waals surface area contributed by atoms with E-state index in [4.69, 9.17) is 9.47 Å². The number of amides is 2. The van der Waals surface area contributed by atoms with Crippen LogP contribution in [0.5, 0.6) is 0 Å². The Morgan fingerprint density at radius 3 is 2.58 bits per heavy atom. The van der Waals surface area contributed by atoms with E-state index in [9.17, 15) is 19.5 Å². The quantitative estimate of drug-likeness (QED) is 0.391. The van der Waals surface area contributed by atoms with Crippen molar-refractivity contribution in [2.24, 2.45) is 5.92 Å². The highest BCUT2D eigenvalue weighted by atomic mass is 16.5. The number of esters is 1. The van der Waals surface area contributed by atoms with Crippen LogP contribution in [0.15, 0.2) is 42.5 Å². The highest BCUT2D eigenvalue weighted by Gasteiger charge is 2.36. The van der Waals surface area contributed by atoms with Crippen LogP contribution in [0.3, 0.4) is 0 Å². The van der Waals surface area contributed by atoms with Gasteiger partial charge in [-0.05, 0) is 44.1 Å². The van der Waals surface area contributed by atoms with Gasteiger partial charge in [-0.2, -0.15) is 0 Å². The Morgan fingerprint density at radius 1 is 1.14 bits per heavy atom. The van der Waals surface area contributed by atoms with Crippen LogP contribution in [-0.4, -0.2) is 54.8 Å². The van der Waals surface area contributed by atoms with Gasteiger partial charge in [0.05, 0.1) is 30.7 Å². The number of nitrogens with one attached hydrogen (secondary N) is 2. The fourth-order valence-corrected chi connectivity index (χ4v) is 5.05. The Bertz CT molecular complexity index is 881. The van der Waals surface area contributed by atoms with E-state index in [-0.39, 0.29) is 37.4 Å². The van der Waals surface area contributed by atoms with E-state index in [1.54, 1.807) is 0 Å². The molecule has 3 N–H and O–H groups in total. The molecule has 0 aromatic heterocycles. The van der Waals surface area contributed by atoms with E-state index in [1.807, 2.05) is 42.5 Å². The maximum absolute atomic E-state index is 13.5. The Labute approximate surface area is 213 Å². The van der Waals surface area contributed by atoms with Gasteiger partial charge in [0.2, 0.25) is 11.8 Å². The average Bonchev–Trinajstić information content (AvgIpc) is 3.34. The largest absolute Gasteiger partial charge is 0.455 e. The van der Waals surface area contributed by atoms with Crippen molar-refractivity contribution in [3.8, 4) is 0 Å². The zero-order valence-corrected chi connectivity index (χ0v) is 21.2. The Balaban J connectivity index is 1.81. The lowest BCUT2D eigenvalue weighted by Gasteiger charge is -2.30. The van der Waals surface area contributed by atoms with Crippen LogP contribution in [-0.2, 0) is 23.9 Å². The summed E-state index contributed by atoms with van der Waals surface area (Å²) in [4.78, 5) is 39.1. The summed E-state index contributed by atoms with van der Waals surface area (Å²) in [5.74, 6) is -1.46. The molecule has 8 heteroatoms. The Hall–Kier alpha value is -2.71. The van der Waals surface area contributed by atoms with Gasteiger partial charge in [-0.15, -0.1) is 0 Å². The number of ether oxygens (including phenoxy) is 2. The summed E-state index contributed by atoms with van der Waals surface area (Å²) in [7, 11) is 1.53. The van der Waals surface area contributed by atoms with Crippen molar-refractivity contribution in [3.63, 3.8) is 0 Å². The number of aliphatic hydroxyl groups is 1. The number of benzene rings is 1. The first-order chi connectivity index (χ1) is 17.5. The second-order valence-corrected chi connectivity index (χ2v) is 9.94. The molecule has 3 atom stereocenters. The first kappa shape index (κ1) is 27.9. The van der Waals surface area contributed by atoms with Crippen LogP contribution in [0.4, 0.5) is 0 Å². The maximum Gasteiger partial charge on any atom is 0.306 e. The van der Waals surface area contributed by atoms with Crippen molar-refractivity contribution in [2.45, 2.75) is 81.9 Å². The van der Waals surface area contributed by atoms with Gasteiger partial charge in [-0.25, -0.2) is 0 Å². The normalized spacial score (nSPS) is 25.4. The van der Waals surface area contributed by atoms with Crippen LogP contribution in [0.2, 0.25) is 0 Å². The van der Waals surface area contributed by atoms with Gasteiger partial charge in [0.15, 0.2) is 0 Å². The minimum atomic E-state index is -0.716. The lowest BCUT2D eigenvalue weighted by atomic mass is 9.94. The molecule has 198 valence electrons. The van der Waals surface area contributed by atoms with E-state index >= 15 is 0 Å². The van der Waals surface area contributed by atoms with Gasteiger partial charge < -0.3 is 25.2 Å². The van der Waals surface area contributed by atoms with Gasteiger partial charge in [0, 0.05) is 20.0 Å². The first-order valence-electron chi connectivity index (χ1n) is 13.1. The third-order valence-electron chi connectivity index (χ3n) is 7.09. The highest BCUT2D eigenvalue weighted by Crippen LogP contribution is 2.30. The summed E-state index contributed by atoms with van der Waals surface area (Å²) in [5.41, 5.74) is 0.177. The Morgan fingerprint density at radius 2 is 1.89 bits per heavy atom. The number of aliphatic hydroxyl groups excluding tert-OH is 1. The average molecular weight is 501 g/mol. The summed E-state index contributed by atoms with van der Waals surface area (Å²) in [5, 5.41) is 15.9. The molecule has 0 spiro atoms. The molecule has 3 unspecified atom stereocenters. The predicted molar refractivity (Wildman–Crippen MR) is 136 cm³/mol. The molecule has 0 saturated heterocycles. The molecule has 1 aliphatic heterocycles. The lowest BCUT2D eigenvalue weighted by molar-refractivity contribution is -0.153. The van der Waals surface area contributed by atoms with E-state index in [0.29, 0.717) is 19.3 Å². The summed E-state index contributed by atoms with van der Waals surface area (Å²) in [6.07, 6.45) is 9.70. The molecule has 0 bridgehead atoms. The monoisotopic (exact) mass is 500 g/mol. The predicted octanol–water partition coefficient (Wildman–Crippen LogP) is 3.35. The first-order valence-corrected chi connectivity index (χ1v) is 13.1. The molecule has 1 aliphatic carbocycles. The van der Waals surface area contributed by atoms with Gasteiger partial charge in [-0.3, -0.25) is 14.4 Å². The summed E-state index contributed by atoms with van der Waals surface area (Å²) in [6, 6.07) is 8.70. The third kappa shape index (κ3) is 8.17. The third-order valence-corrected chi connectivity index (χ3v) is 7.09. The maximum atomic E-state index is 13.5. The topological polar surface area (TPSA) is 114 Å². The van der Waals surface area contributed by atoms with Crippen LogP contribution < -0.4 is 10.6 Å². The SMILES string of the molecule is COCC1NC(=O)C(CC(=O)NC2(CO)CCCC2)CC=CCCCCC(=O)OC1c1ccccc1. The van der Waals surface area contributed by atoms with Crippen LogP contribution in [0.25, 0.3) is 0 Å². The van der Waals surface area contributed by atoms with E-state index < -0.39 is 23.6 Å². The number of rotatable bonds is 7. The highest BCUT2D eigenvalue weighted by molar-refractivity contribution is 5.86. The molecule has 1 aromatic rings. The molecule has 1 aromatic carbocycles. The van der Waals surface area contributed by atoms with Crippen LogP contribution in [0, 0.1) is 5.92 Å². The van der Waals surface area contributed by atoms with E-state index in [2.05, 4.69) is 10.6 Å². The van der Waals surface area contributed by atoms with Crippen molar-refractivity contribution in [1.82, 2.24) is 10.6 Å². The van der Waals surface area contributed by atoms with Crippen LogP contribution >= 0.6 is 0 Å². The van der Waals surface area contributed by atoms with Gasteiger partial charge in [-0.1, -0.05) is 55.3 Å². The minimum Gasteiger partial charge on any atom is -0.455 e. The number of carbonyl (C=O) groups excluding carboxylic acids is 3. The smallest absolute Gasteiger partial charge is 0.306 e. The molecule has 0 radical (unpaired) electrons. The zero-order chi connectivity index (χ0) is 25.8. The number of methoxy groups -OCH3 is 1. The van der Waals surface area contributed by atoms with Crippen molar-refractivity contribution in [1.29, 1.82) is 0 Å². The van der Waals surface area contributed by atoms with Gasteiger partial charge >= 0.3 is 5.97 Å². The van der Waals surface area contributed by atoms with Crippen molar-refractivity contribution < 1.29 is 29.0 Å². The number of allylic oxidation sites excluding steroid dienone is 2. The molecule has 8 nitrogen and oxygen atoms in total. The molecule has 2 amide bonds. The zero-order valence-electron chi connectivity index (χ0n) is 21.2. The number of hydrogen-bond acceptors (Lipinski definition) is 6. The lowest BCUT2D eigenvalue weighted by Crippen LogP contribution is -2.51. The standard InChI is InChI=1S/C28H40N2O6/c1-35-19-23-26(21-12-7-5-8-13-21)36-25(33)15-9-4-2-3-6-14-22(27(34)29-23)18-24(32)30-28(20-31)16-10-11-17-28/h3,5-8,12-13,22-23,26,31H,2,4,9-11,14-20H2,1H3,(H,29,34)(H,30,32). The van der Waals surface area contributed by atoms with E-state index in [1.165, 1.54) is 7.11 Å². The molecule has 3 rings (SSSR count). The number of carbonyl (C=O) groups is 3. The molecule has 1 saturated carbocycles. The van der Waals surface area contributed by atoms with Crippen LogP contribution in [0.1, 0.15) is 75.9 Å². The summed E-state index contributed by atoms with van der Waals surface area (Å²) >= 11 is 0. The molecule has 36 heavy (non-hydrogen) atoms. The van der Waals surface area contributed by atoms with E-state index in [0.717, 1.165) is 44.1 Å². The molecular weight excluding hydrogens is 460 g/mol. The molecule has 1 fully saturated rings. The number of hydrogen-bond donors (Lipinski definition) is 3. The fourth-order valence-electron chi connectivity index (χ4n) is 5.05. The van der Waals surface area contributed by atoms with Crippen molar-refractivity contribution in [2.75, 3.05) is 20.3 Å². The van der Waals surface area contributed by atoms with Gasteiger partial charge in [0.1, 0.15) is 6.10 Å². The minimum absolute atomic E-state index is 0.00736. The second kappa shape index (κ2) is 14.1. The van der Waals surface area contributed by atoms with Crippen molar-refractivity contribution in [3.05, 3.63) is 48.0 Å². The number of cyclic esters (lactones) is 1. The summed E-state index contributed by atoms with van der Waals surface area (Å²) in [6.45, 7) is 0.0382. The fraction of sp³-hybridized carbons (Fsp3) is 0.607. The Kier molecular flexibility index (Phi) is 10.9. The summed E-state index contributed by atoms with van der Waals surface area (Å²) < 4.78 is 11.3.